The third-order valence-electron chi connectivity index (χ3n) is 2.80. The molecule has 1 aromatic rings. The first-order chi connectivity index (χ1) is 9.04. The fourth-order valence-electron chi connectivity index (χ4n) is 1.38. The van der Waals surface area contributed by atoms with Crippen molar-refractivity contribution < 1.29 is 23.1 Å². The maximum atomic E-state index is 11.9. The molecule has 3 N–H and O–H groups in total. The fraction of sp³-hybridized carbons (Fsp3) is 0.462. The smallest absolute Gasteiger partial charge is 0.335 e. The van der Waals surface area contributed by atoms with E-state index in [1.54, 1.807) is 20.8 Å². The first-order valence-electron chi connectivity index (χ1n) is 6.02. The van der Waals surface area contributed by atoms with Crippen LogP contribution in [0.2, 0.25) is 0 Å². The monoisotopic (exact) mass is 301 g/mol. The van der Waals surface area contributed by atoms with Crippen LogP contribution in [0.4, 0.5) is 5.69 Å². The Morgan fingerprint density at radius 1 is 1.35 bits per heavy atom. The van der Waals surface area contributed by atoms with E-state index in [4.69, 9.17) is 15.6 Å². The van der Waals surface area contributed by atoms with Crippen LogP contribution in [0.3, 0.4) is 0 Å². The molecule has 0 fully saturated rings. The van der Waals surface area contributed by atoms with Crippen molar-refractivity contribution in [3.8, 4) is 5.75 Å². The number of ether oxygens (including phenoxy) is 1. The summed E-state index contributed by atoms with van der Waals surface area (Å²) in [5.74, 6) is -0.936. The number of hydrogen-bond donors (Lipinski definition) is 2. The predicted octanol–water partition coefficient (Wildman–Crippen LogP) is 1.56. The van der Waals surface area contributed by atoms with Crippen LogP contribution in [0.5, 0.6) is 5.75 Å². The molecule has 7 heteroatoms. The van der Waals surface area contributed by atoms with E-state index in [0.29, 0.717) is 0 Å². The number of rotatable bonds is 5. The molecule has 0 saturated heterocycles. The number of carboxylic acids is 1. The lowest BCUT2D eigenvalue weighted by molar-refractivity contribution is 0.0697. The summed E-state index contributed by atoms with van der Waals surface area (Å²) in [4.78, 5) is 10.7. The minimum atomic E-state index is -3.26. The van der Waals surface area contributed by atoms with Crippen molar-refractivity contribution in [2.75, 3.05) is 18.1 Å². The lowest BCUT2D eigenvalue weighted by Gasteiger charge is -2.19. The molecule has 20 heavy (non-hydrogen) atoms. The molecule has 0 unspecified atom stereocenters. The Kier molecular flexibility index (Phi) is 4.65. The van der Waals surface area contributed by atoms with Crippen LogP contribution < -0.4 is 10.5 Å². The second-order valence-electron chi connectivity index (χ2n) is 5.34. The Hall–Kier alpha value is -1.76. The van der Waals surface area contributed by atoms with Gasteiger partial charge in [-0.2, -0.15) is 0 Å². The molecule has 0 aliphatic heterocycles. The largest absolute Gasteiger partial charge is 0.490 e. The zero-order chi connectivity index (χ0) is 15.6. The highest BCUT2D eigenvalue weighted by atomic mass is 32.2. The van der Waals surface area contributed by atoms with Crippen LogP contribution in [-0.4, -0.2) is 36.6 Å². The maximum Gasteiger partial charge on any atom is 0.335 e. The SMILES string of the molecule is CC(C)(C)S(=O)(=O)CCOc1ccc(C(=O)O)cc1N. The predicted molar refractivity (Wildman–Crippen MR) is 76.8 cm³/mol. The molecule has 6 nitrogen and oxygen atoms in total. The van der Waals surface area contributed by atoms with Gasteiger partial charge in [0.1, 0.15) is 12.4 Å². The minimum absolute atomic E-state index is 0.0315. The Balaban J connectivity index is 2.71. The van der Waals surface area contributed by atoms with Crippen molar-refractivity contribution in [2.24, 2.45) is 0 Å². The second-order valence-corrected chi connectivity index (χ2v) is 8.20. The van der Waals surface area contributed by atoms with Crippen molar-refractivity contribution in [3.05, 3.63) is 23.8 Å². The highest BCUT2D eigenvalue weighted by Crippen LogP contribution is 2.23. The summed E-state index contributed by atoms with van der Waals surface area (Å²) in [6.45, 7) is 4.84. The third-order valence-corrected chi connectivity index (χ3v) is 5.37. The molecule has 0 spiro atoms. The number of anilines is 1. The molecular weight excluding hydrogens is 282 g/mol. The molecule has 0 aliphatic rings. The van der Waals surface area contributed by atoms with Gasteiger partial charge in [-0.25, -0.2) is 13.2 Å². The molecule has 0 amide bonds. The highest BCUT2D eigenvalue weighted by molar-refractivity contribution is 7.92. The molecule has 1 aromatic carbocycles. The summed E-state index contributed by atoms with van der Waals surface area (Å²) in [6, 6.07) is 4.05. The van der Waals surface area contributed by atoms with E-state index in [9.17, 15) is 13.2 Å². The van der Waals surface area contributed by atoms with E-state index in [2.05, 4.69) is 0 Å². The quantitative estimate of drug-likeness (QED) is 0.799. The number of nitrogens with two attached hydrogens (primary N) is 1. The summed E-state index contributed by atoms with van der Waals surface area (Å²) < 4.78 is 28.2. The molecular formula is C13H19NO5S. The average molecular weight is 301 g/mol. The number of carbonyl (C=O) groups is 1. The van der Waals surface area contributed by atoms with Crippen molar-refractivity contribution in [1.29, 1.82) is 0 Å². The highest BCUT2D eigenvalue weighted by Gasteiger charge is 2.28. The zero-order valence-corrected chi connectivity index (χ0v) is 12.5. The zero-order valence-electron chi connectivity index (χ0n) is 11.7. The molecule has 0 bridgehead atoms. The van der Waals surface area contributed by atoms with E-state index in [-0.39, 0.29) is 29.4 Å². The number of benzene rings is 1. The Labute approximate surface area is 118 Å². The molecule has 0 aliphatic carbocycles. The number of sulfone groups is 1. The summed E-state index contributed by atoms with van der Waals surface area (Å²) >= 11 is 0. The molecule has 0 saturated carbocycles. The van der Waals surface area contributed by atoms with E-state index < -0.39 is 20.6 Å². The van der Waals surface area contributed by atoms with Gasteiger partial charge < -0.3 is 15.6 Å². The average Bonchev–Trinajstić information content (AvgIpc) is 2.29. The van der Waals surface area contributed by atoms with Gasteiger partial charge in [-0.05, 0) is 39.0 Å². The first kappa shape index (κ1) is 16.3. The van der Waals surface area contributed by atoms with Gasteiger partial charge in [-0.15, -0.1) is 0 Å². The van der Waals surface area contributed by atoms with Crippen LogP contribution in [0.15, 0.2) is 18.2 Å². The molecule has 1 rings (SSSR count). The number of carboxylic acid groups (broad SMARTS) is 1. The van der Waals surface area contributed by atoms with Crippen molar-refractivity contribution in [3.63, 3.8) is 0 Å². The van der Waals surface area contributed by atoms with Gasteiger partial charge in [0.15, 0.2) is 9.84 Å². The maximum absolute atomic E-state index is 11.9. The Morgan fingerprint density at radius 3 is 2.40 bits per heavy atom. The van der Waals surface area contributed by atoms with Gasteiger partial charge in [-0.1, -0.05) is 0 Å². The lowest BCUT2D eigenvalue weighted by Crippen LogP contribution is -2.32. The summed E-state index contributed by atoms with van der Waals surface area (Å²) in [5.41, 5.74) is 5.87. The number of aromatic carboxylic acids is 1. The minimum Gasteiger partial charge on any atom is -0.490 e. The Bertz CT molecular complexity index is 602. The standard InChI is InChI=1S/C13H19NO5S/c1-13(2,3)20(17,18)7-6-19-11-5-4-9(12(15)16)8-10(11)14/h4-5,8H,6-7,14H2,1-3H3,(H,15,16). The normalized spacial score (nSPS) is 12.2. The molecule has 0 aromatic heterocycles. The van der Waals surface area contributed by atoms with E-state index in [1.165, 1.54) is 18.2 Å². The summed E-state index contributed by atoms with van der Waals surface area (Å²) in [6.07, 6.45) is 0. The van der Waals surface area contributed by atoms with Gasteiger partial charge in [0.2, 0.25) is 0 Å². The van der Waals surface area contributed by atoms with Crippen LogP contribution in [0.1, 0.15) is 31.1 Å². The van der Waals surface area contributed by atoms with Crippen LogP contribution in [0, 0.1) is 0 Å². The van der Waals surface area contributed by atoms with E-state index in [0.717, 1.165) is 0 Å². The van der Waals surface area contributed by atoms with Gasteiger partial charge in [0.05, 0.1) is 21.8 Å². The molecule has 0 heterocycles. The molecule has 112 valence electrons. The fourth-order valence-corrected chi connectivity index (χ4v) is 2.30. The van der Waals surface area contributed by atoms with Crippen LogP contribution in [-0.2, 0) is 9.84 Å². The first-order valence-corrected chi connectivity index (χ1v) is 7.68. The van der Waals surface area contributed by atoms with Crippen molar-refractivity contribution in [1.82, 2.24) is 0 Å². The second kappa shape index (κ2) is 5.70. The van der Waals surface area contributed by atoms with Gasteiger partial charge in [0, 0.05) is 0 Å². The van der Waals surface area contributed by atoms with E-state index >= 15 is 0 Å². The van der Waals surface area contributed by atoms with Gasteiger partial charge >= 0.3 is 5.97 Å². The van der Waals surface area contributed by atoms with Crippen molar-refractivity contribution >= 4 is 21.5 Å². The van der Waals surface area contributed by atoms with Crippen molar-refractivity contribution in [2.45, 2.75) is 25.5 Å². The third kappa shape index (κ3) is 3.86. The Morgan fingerprint density at radius 2 is 1.95 bits per heavy atom. The van der Waals surface area contributed by atoms with E-state index in [1.807, 2.05) is 0 Å². The number of nitrogen functional groups attached to an aromatic ring is 1. The van der Waals surface area contributed by atoms with Gasteiger partial charge in [0.25, 0.3) is 0 Å². The summed E-state index contributed by atoms with van der Waals surface area (Å²) in [5, 5.41) is 8.80. The van der Waals surface area contributed by atoms with Crippen LogP contribution >= 0.6 is 0 Å². The lowest BCUT2D eigenvalue weighted by atomic mass is 10.2. The summed E-state index contributed by atoms with van der Waals surface area (Å²) in [7, 11) is -3.26. The van der Waals surface area contributed by atoms with Crippen LogP contribution in [0.25, 0.3) is 0 Å². The topological polar surface area (TPSA) is 107 Å². The molecule has 0 radical (unpaired) electrons. The number of hydrogen-bond acceptors (Lipinski definition) is 5. The van der Waals surface area contributed by atoms with Gasteiger partial charge in [-0.3, -0.25) is 0 Å². The molecule has 0 atom stereocenters.